The maximum atomic E-state index is 13.7. The Morgan fingerprint density at radius 3 is 2.61 bits per heavy atom. The number of halogens is 3. The first-order valence-electron chi connectivity index (χ1n) is 9.16. The number of hydrogen-bond acceptors (Lipinski definition) is 3. The van der Waals surface area contributed by atoms with E-state index in [0.717, 1.165) is 18.6 Å². The summed E-state index contributed by atoms with van der Waals surface area (Å²) in [5, 5.41) is 2.80. The van der Waals surface area contributed by atoms with Crippen LogP contribution in [0.5, 0.6) is 5.75 Å². The quantitative estimate of drug-likeness (QED) is 0.685. The fourth-order valence-electron chi connectivity index (χ4n) is 2.49. The number of benzene rings is 1. The molecule has 0 fully saturated rings. The smallest absolute Gasteiger partial charge is 0.269 e. The van der Waals surface area contributed by atoms with E-state index in [2.05, 4.69) is 10.3 Å². The molecule has 0 saturated heterocycles. The topological polar surface area (TPSA) is 51.2 Å². The van der Waals surface area contributed by atoms with Crippen LogP contribution in [0, 0.1) is 11.7 Å². The Kier molecular flexibility index (Phi) is 7.43. The third-order valence-electron chi connectivity index (χ3n) is 3.91. The number of ether oxygens (including phenoxy) is 1. The molecule has 1 aromatic carbocycles. The summed E-state index contributed by atoms with van der Waals surface area (Å²) in [6, 6.07) is 7.27. The van der Waals surface area contributed by atoms with Crippen LogP contribution in [0.4, 0.5) is 13.2 Å². The van der Waals surface area contributed by atoms with Crippen LogP contribution in [-0.2, 0) is 12.8 Å². The van der Waals surface area contributed by atoms with Gasteiger partial charge in [-0.3, -0.25) is 9.78 Å². The highest BCUT2D eigenvalue weighted by atomic mass is 19.3. The zero-order valence-corrected chi connectivity index (χ0v) is 16.3. The van der Waals surface area contributed by atoms with Crippen LogP contribution in [0.1, 0.15) is 42.4 Å². The largest absolute Gasteiger partial charge is 0.493 e. The Bertz CT molecular complexity index is 787. The molecule has 0 atom stereocenters. The van der Waals surface area contributed by atoms with Crippen molar-refractivity contribution in [1.82, 2.24) is 10.3 Å². The highest BCUT2D eigenvalue weighted by Gasteiger charge is 2.23. The molecule has 0 aliphatic carbocycles. The zero-order valence-electron chi connectivity index (χ0n) is 16.3. The summed E-state index contributed by atoms with van der Waals surface area (Å²) in [5.41, 5.74) is 1.13. The fraction of sp³-hybridized carbons (Fsp3) is 0.429. The summed E-state index contributed by atoms with van der Waals surface area (Å²) in [6.45, 7) is 5.62. The molecule has 0 spiro atoms. The molecular formula is C21H25F3N2O2. The molecule has 2 rings (SSSR count). The third kappa shape index (κ3) is 7.21. The summed E-state index contributed by atoms with van der Waals surface area (Å²) < 4.78 is 45.5. The van der Waals surface area contributed by atoms with Gasteiger partial charge >= 0.3 is 0 Å². The molecule has 1 aromatic heterocycles. The molecule has 28 heavy (non-hydrogen) atoms. The molecule has 0 unspecified atom stereocenters. The van der Waals surface area contributed by atoms with Crippen LogP contribution in [0.15, 0.2) is 36.5 Å². The summed E-state index contributed by atoms with van der Waals surface area (Å²) in [6.07, 6.45) is 1.43. The van der Waals surface area contributed by atoms with Crippen molar-refractivity contribution >= 4 is 5.91 Å². The minimum Gasteiger partial charge on any atom is -0.493 e. The first kappa shape index (κ1) is 21.7. The number of nitrogens with one attached hydrogen (secondary N) is 1. The lowest BCUT2D eigenvalue weighted by molar-refractivity contribution is 0.0217. The summed E-state index contributed by atoms with van der Waals surface area (Å²) in [5.74, 6) is -3.20. The Hall–Kier alpha value is -2.57. The number of rotatable bonds is 9. The molecule has 0 aliphatic rings. The van der Waals surface area contributed by atoms with Gasteiger partial charge < -0.3 is 10.1 Å². The van der Waals surface area contributed by atoms with E-state index in [1.54, 1.807) is 18.3 Å². The van der Waals surface area contributed by atoms with Crippen LogP contribution in [0.2, 0.25) is 0 Å². The predicted octanol–water partition coefficient (Wildman–Crippen LogP) is 4.43. The molecule has 1 amide bonds. The Morgan fingerprint density at radius 2 is 2.00 bits per heavy atom. The van der Waals surface area contributed by atoms with Gasteiger partial charge in [0.2, 0.25) is 5.92 Å². The number of carbonyl (C=O) groups is 1. The van der Waals surface area contributed by atoms with E-state index in [9.17, 15) is 18.0 Å². The number of hydrogen-bond donors (Lipinski definition) is 1. The van der Waals surface area contributed by atoms with Gasteiger partial charge in [0.1, 0.15) is 17.3 Å². The van der Waals surface area contributed by atoms with E-state index in [0.29, 0.717) is 30.3 Å². The van der Waals surface area contributed by atoms with E-state index in [1.807, 2.05) is 13.8 Å². The Morgan fingerprint density at radius 1 is 1.25 bits per heavy atom. The van der Waals surface area contributed by atoms with Crippen molar-refractivity contribution < 1.29 is 22.7 Å². The second kappa shape index (κ2) is 9.57. The van der Waals surface area contributed by atoms with Gasteiger partial charge in [0.15, 0.2) is 0 Å². The van der Waals surface area contributed by atoms with Crippen molar-refractivity contribution in [3.8, 4) is 5.75 Å². The number of amides is 1. The third-order valence-corrected chi connectivity index (χ3v) is 3.91. The van der Waals surface area contributed by atoms with Crippen molar-refractivity contribution in [3.63, 3.8) is 0 Å². The molecule has 2 aromatic rings. The highest BCUT2D eigenvalue weighted by molar-refractivity contribution is 5.92. The van der Waals surface area contributed by atoms with E-state index in [1.165, 1.54) is 12.1 Å². The lowest BCUT2D eigenvalue weighted by Crippen LogP contribution is -2.28. The molecule has 0 aliphatic heterocycles. The standard InChI is InChI=1S/C21H25F3N2O2/c1-14(2)12-26-20(27)19-7-4-15(13-25-19)8-9-28-17-5-6-18(22)16(10-17)11-21(3,23)24/h4-7,10,13-14H,8-9,11-12H2,1-3H3,(H,26,27). The fourth-order valence-corrected chi connectivity index (χ4v) is 2.49. The van der Waals surface area contributed by atoms with Gasteiger partial charge in [-0.25, -0.2) is 13.2 Å². The van der Waals surface area contributed by atoms with Crippen LogP contribution >= 0.6 is 0 Å². The average Bonchev–Trinajstić information content (AvgIpc) is 2.61. The SMILES string of the molecule is CC(C)CNC(=O)c1ccc(CCOc2ccc(F)c(CC(C)(F)F)c2)cn1. The number of nitrogens with zero attached hydrogens (tertiary/aromatic N) is 1. The summed E-state index contributed by atoms with van der Waals surface area (Å²) >= 11 is 0. The zero-order chi connectivity index (χ0) is 20.7. The monoisotopic (exact) mass is 394 g/mol. The summed E-state index contributed by atoms with van der Waals surface area (Å²) in [4.78, 5) is 16.1. The van der Waals surface area contributed by atoms with Crippen LogP contribution in [-0.4, -0.2) is 30.0 Å². The molecule has 152 valence electrons. The molecule has 1 heterocycles. The second-order valence-corrected chi connectivity index (χ2v) is 7.25. The molecule has 4 nitrogen and oxygen atoms in total. The highest BCUT2D eigenvalue weighted by Crippen LogP contribution is 2.24. The molecule has 0 saturated carbocycles. The molecule has 1 N–H and O–H groups in total. The van der Waals surface area contributed by atoms with Gasteiger partial charge in [-0.05, 0) is 48.2 Å². The van der Waals surface area contributed by atoms with Crippen molar-refractivity contribution in [2.75, 3.05) is 13.2 Å². The Balaban J connectivity index is 1.88. The molecule has 0 bridgehead atoms. The van der Waals surface area contributed by atoms with Crippen molar-refractivity contribution in [2.24, 2.45) is 5.92 Å². The first-order chi connectivity index (χ1) is 13.1. The second-order valence-electron chi connectivity index (χ2n) is 7.25. The Labute approximate surface area is 163 Å². The first-order valence-corrected chi connectivity index (χ1v) is 9.16. The van der Waals surface area contributed by atoms with Crippen LogP contribution < -0.4 is 10.1 Å². The molecule has 0 radical (unpaired) electrons. The lowest BCUT2D eigenvalue weighted by atomic mass is 10.1. The van der Waals surface area contributed by atoms with E-state index in [4.69, 9.17) is 4.74 Å². The van der Waals surface area contributed by atoms with Crippen molar-refractivity contribution in [2.45, 2.75) is 39.5 Å². The van der Waals surface area contributed by atoms with Gasteiger partial charge in [-0.15, -0.1) is 0 Å². The minimum absolute atomic E-state index is 0.0802. The maximum absolute atomic E-state index is 13.7. The number of alkyl halides is 2. The van der Waals surface area contributed by atoms with E-state index in [-0.39, 0.29) is 18.1 Å². The van der Waals surface area contributed by atoms with Crippen molar-refractivity contribution in [1.29, 1.82) is 0 Å². The van der Waals surface area contributed by atoms with Crippen molar-refractivity contribution in [3.05, 3.63) is 59.2 Å². The normalized spacial score (nSPS) is 11.5. The number of carbonyl (C=O) groups excluding carboxylic acids is 1. The van der Waals surface area contributed by atoms with Gasteiger partial charge in [0.25, 0.3) is 5.91 Å². The number of pyridine rings is 1. The predicted molar refractivity (Wildman–Crippen MR) is 101 cm³/mol. The molecular weight excluding hydrogens is 369 g/mol. The average molecular weight is 394 g/mol. The van der Waals surface area contributed by atoms with Gasteiger partial charge in [0, 0.05) is 25.6 Å². The van der Waals surface area contributed by atoms with E-state index < -0.39 is 18.2 Å². The van der Waals surface area contributed by atoms with Crippen LogP contribution in [0.3, 0.4) is 0 Å². The number of aromatic nitrogens is 1. The van der Waals surface area contributed by atoms with Crippen LogP contribution in [0.25, 0.3) is 0 Å². The van der Waals surface area contributed by atoms with Gasteiger partial charge in [-0.2, -0.15) is 0 Å². The minimum atomic E-state index is -2.99. The summed E-state index contributed by atoms with van der Waals surface area (Å²) in [7, 11) is 0. The maximum Gasteiger partial charge on any atom is 0.269 e. The van der Waals surface area contributed by atoms with Gasteiger partial charge in [-0.1, -0.05) is 19.9 Å². The molecule has 7 heteroatoms. The van der Waals surface area contributed by atoms with E-state index >= 15 is 0 Å². The lowest BCUT2D eigenvalue weighted by Gasteiger charge is -2.13. The van der Waals surface area contributed by atoms with Gasteiger partial charge in [0.05, 0.1) is 6.61 Å².